The molecule has 0 saturated heterocycles. The molecule has 1 unspecified atom stereocenters. The molecule has 0 radical (unpaired) electrons. The molecule has 2 N–H and O–H groups in total. The third-order valence-electron chi connectivity index (χ3n) is 2.66. The molecule has 0 aliphatic rings. The molecular weight excluding hydrogens is 249 g/mol. The molecule has 1 atom stereocenters. The van der Waals surface area contributed by atoms with Gasteiger partial charge in [-0.05, 0) is 37.1 Å². The third kappa shape index (κ3) is 4.21. The Morgan fingerprint density at radius 2 is 2.05 bits per heavy atom. The Balaban J connectivity index is 3.09. The second-order valence-electron chi connectivity index (χ2n) is 4.34. The minimum Gasteiger partial charge on any atom is -0.481 e. The van der Waals surface area contributed by atoms with Crippen LogP contribution in [0.4, 0.5) is 10.1 Å². The largest absolute Gasteiger partial charge is 0.481 e. The maximum Gasteiger partial charge on any atom is 0.310 e. The van der Waals surface area contributed by atoms with Crippen LogP contribution in [0.15, 0.2) is 18.2 Å². The summed E-state index contributed by atoms with van der Waals surface area (Å²) >= 11 is 0. The summed E-state index contributed by atoms with van der Waals surface area (Å²) in [6, 6.07) is 2.83. The van der Waals surface area contributed by atoms with E-state index >= 15 is 0 Å². The highest BCUT2D eigenvalue weighted by Gasteiger charge is 2.09. The Kier molecular flexibility index (Phi) is 4.80. The van der Waals surface area contributed by atoms with E-state index in [4.69, 9.17) is 5.11 Å². The molecule has 1 aromatic carbocycles. The lowest BCUT2D eigenvalue weighted by molar-refractivity contribution is -0.139. The first-order chi connectivity index (χ1) is 8.81. The van der Waals surface area contributed by atoms with Gasteiger partial charge in [0.15, 0.2) is 0 Å². The van der Waals surface area contributed by atoms with Crippen LogP contribution in [-0.2, 0) is 9.59 Å². The number of carbonyl (C=O) groups excluding carboxylic acids is 1. The van der Waals surface area contributed by atoms with Gasteiger partial charge in [-0.3, -0.25) is 9.59 Å². The molecule has 0 heterocycles. The summed E-state index contributed by atoms with van der Waals surface area (Å²) in [5.41, 5.74) is 1.29. The van der Waals surface area contributed by atoms with Gasteiger partial charge >= 0.3 is 5.97 Å². The lowest BCUT2D eigenvalue weighted by Gasteiger charge is -2.08. The predicted octanol–water partition coefficient (Wildman–Crippen LogP) is 2.83. The normalized spacial score (nSPS) is 12.4. The van der Waals surface area contributed by atoms with E-state index in [1.54, 1.807) is 19.1 Å². The average Bonchev–Trinajstić information content (AvgIpc) is 2.30. The lowest BCUT2D eigenvalue weighted by Crippen LogP contribution is -2.07. The molecule has 1 rings (SSSR count). The number of benzene rings is 1. The number of halogens is 1. The van der Waals surface area contributed by atoms with E-state index in [-0.39, 0.29) is 5.91 Å². The maximum atomic E-state index is 13.7. The smallest absolute Gasteiger partial charge is 0.310 e. The monoisotopic (exact) mass is 265 g/mol. The molecule has 5 heteroatoms. The van der Waals surface area contributed by atoms with Crippen molar-refractivity contribution in [2.75, 3.05) is 5.32 Å². The first-order valence-corrected chi connectivity index (χ1v) is 5.80. The van der Waals surface area contributed by atoms with Crippen LogP contribution in [0.5, 0.6) is 0 Å². The molecule has 1 aromatic rings. The van der Waals surface area contributed by atoms with Crippen molar-refractivity contribution in [1.29, 1.82) is 0 Å². The number of anilines is 1. The Hall–Kier alpha value is -2.17. The van der Waals surface area contributed by atoms with Gasteiger partial charge in [0, 0.05) is 12.6 Å². The van der Waals surface area contributed by atoms with Gasteiger partial charge in [0.25, 0.3) is 0 Å². The molecular formula is C14H16FNO3. The fourth-order valence-electron chi connectivity index (χ4n) is 1.48. The van der Waals surface area contributed by atoms with E-state index in [9.17, 15) is 14.0 Å². The minimum atomic E-state index is -0.951. The number of hydrogen-bond donors (Lipinski definition) is 2. The Labute approximate surface area is 110 Å². The zero-order valence-corrected chi connectivity index (χ0v) is 11.0. The Morgan fingerprint density at radius 3 is 2.58 bits per heavy atom. The molecule has 0 fully saturated rings. The van der Waals surface area contributed by atoms with Crippen molar-refractivity contribution >= 4 is 23.6 Å². The minimum absolute atomic E-state index is 0.294. The van der Waals surface area contributed by atoms with Crippen LogP contribution >= 0.6 is 0 Å². The summed E-state index contributed by atoms with van der Waals surface area (Å²) in [6.07, 6.45) is 3.02. The van der Waals surface area contributed by atoms with E-state index in [0.29, 0.717) is 16.8 Å². The van der Waals surface area contributed by atoms with Crippen molar-refractivity contribution < 1.29 is 19.1 Å². The number of carboxylic acids is 1. The van der Waals surface area contributed by atoms with Crippen LogP contribution in [0.3, 0.4) is 0 Å². The summed E-state index contributed by atoms with van der Waals surface area (Å²) in [4.78, 5) is 21.6. The lowest BCUT2D eigenvalue weighted by atomic mass is 10.0. The SMILES string of the molecule is CC(=O)Nc1cc(F)c(C)c(/C=C/C(C)C(=O)O)c1. The Morgan fingerprint density at radius 1 is 1.42 bits per heavy atom. The summed E-state index contributed by atoms with van der Waals surface area (Å²) in [6.45, 7) is 4.46. The van der Waals surface area contributed by atoms with E-state index < -0.39 is 17.7 Å². The maximum absolute atomic E-state index is 13.7. The highest BCUT2D eigenvalue weighted by atomic mass is 19.1. The second kappa shape index (κ2) is 6.13. The molecule has 0 saturated carbocycles. The van der Waals surface area contributed by atoms with Gasteiger partial charge in [0.05, 0.1) is 5.92 Å². The van der Waals surface area contributed by atoms with Crippen molar-refractivity contribution in [2.24, 2.45) is 5.92 Å². The van der Waals surface area contributed by atoms with Gasteiger partial charge in [0.2, 0.25) is 5.91 Å². The first kappa shape index (κ1) is 14.9. The van der Waals surface area contributed by atoms with Gasteiger partial charge in [-0.15, -0.1) is 0 Å². The molecule has 4 nitrogen and oxygen atoms in total. The summed E-state index contributed by atoms with van der Waals surface area (Å²) in [5, 5.41) is 11.3. The number of amides is 1. The summed E-state index contributed by atoms with van der Waals surface area (Å²) in [5.74, 6) is -2.36. The van der Waals surface area contributed by atoms with Gasteiger partial charge in [-0.25, -0.2) is 4.39 Å². The standard InChI is InChI=1S/C14H16FNO3/c1-8(14(18)19)4-5-11-6-12(16-10(3)17)7-13(15)9(11)2/h4-8H,1-3H3,(H,16,17)(H,18,19)/b5-4+. The first-order valence-electron chi connectivity index (χ1n) is 5.80. The molecule has 1 amide bonds. The van der Waals surface area contributed by atoms with Crippen molar-refractivity contribution in [3.05, 3.63) is 35.2 Å². The number of hydrogen-bond acceptors (Lipinski definition) is 2. The molecule has 19 heavy (non-hydrogen) atoms. The molecule has 0 spiro atoms. The summed E-state index contributed by atoms with van der Waals surface area (Å²) in [7, 11) is 0. The van der Waals surface area contributed by atoms with Crippen molar-refractivity contribution in [2.45, 2.75) is 20.8 Å². The van der Waals surface area contributed by atoms with Crippen LogP contribution in [0.2, 0.25) is 0 Å². The van der Waals surface area contributed by atoms with Crippen LogP contribution in [0.1, 0.15) is 25.0 Å². The number of nitrogens with one attached hydrogen (secondary N) is 1. The number of aliphatic carboxylic acids is 1. The fourth-order valence-corrected chi connectivity index (χ4v) is 1.48. The topological polar surface area (TPSA) is 66.4 Å². The second-order valence-corrected chi connectivity index (χ2v) is 4.34. The quantitative estimate of drug-likeness (QED) is 0.879. The van der Waals surface area contributed by atoms with Crippen LogP contribution in [-0.4, -0.2) is 17.0 Å². The van der Waals surface area contributed by atoms with Crippen LogP contribution in [0, 0.1) is 18.7 Å². The number of rotatable bonds is 4. The van der Waals surface area contributed by atoms with E-state index in [1.165, 1.54) is 26.0 Å². The zero-order chi connectivity index (χ0) is 14.6. The molecule has 0 bridgehead atoms. The fraction of sp³-hybridized carbons (Fsp3) is 0.286. The van der Waals surface area contributed by atoms with E-state index in [1.807, 2.05) is 0 Å². The highest BCUT2D eigenvalue weighted by molar-refractivity contribution is 5.89. The average molecular weight is 265 g/mol. The number of carboxylic acid groups (broad SMARTS) is 1. The molecule has 0 aromatic heterocycles. The van der Waals surface area contributed by atoms with Gasteiger partial charge in [-0.1, -0.05) is 12.2 Å². The Bertz CT molecular complexity index is 538. The zero-order valence-electron chi connectivity index (χ0n) is 11.0. The van der Waals surface area contributed by atoms with Crippen molar-refractivity contribution in [3.8, 4) is 0 Å². The third-order valence-corrected chi connectivity index (χ3v) is 2.66. The van der Waals surface area contributed by atoms with Crippen molar-refractivity contribution in [1.82, 2.24) is 0 Å². The molecule has 102 valence electrons. The number of carbonyl (C=O) groups is 2. The van der Waals surface area contributed by atoms with E-state index in [2.05, 4.69) is 5.32 Å². The van der Waals surface area contributed by atoms with E-state index in [0.717, 1.165) is 0 Å². The van der Waals surface area contributed by atoms with Gasteiger partial charge in [0.1, 0.15) is 5.82 Å². The van der Waals surface area contributed by atoms with Crippen LogP contribution < -0.4 is 5.32 Å². The van der Waals surface area contributed by atoms with Gasteiger partial charge < -0.3 is 10.4 Å². The predicted molar refractivity (Wildman–Crippen MR) is 71.3 cm³/mol. The molecule has 0 aliphatic carbocycles. The van der Waals surface area contributed by atoms with Crippen LogP contribution in [0.25, 0.3) is 6.08 Å². The summed E-state index contributed by atoms with van der Waals surface area (Å²) < 4.78 is 13.7. The van der Waals surface area contributed by atoms with Gasteiger partial charge in [-0.2, -0.15) is 0 Å². The highest BCUT2D eigenvalue weighted by Crippen LogP contribution is 2.21. The molecule has 0 aliphatic heterocycles. The van der Waals surface area contributed by atoms with Crippen molar-refractivity contribution in [3.63, 3.8) is 0 Å².